The first-order valence-electron chi connectivity index (χ1n) is 18.0. The molecule has 7 aromatic rings. The Morgan fingerprint density at radius 1 is 0.558 bits per heavy atom. The van der Waals surface area contributed by atoms with E-state index in [-0.39, 0.29) is 18.4 Å². The van der Waals surface area contributed by atoms with E-state index in [1.807, 2.05) is 24.3 Å². The molecule has 5 N–H and O–H groups in total. The summed E-state index contributed by atoms with van der Waals surface area (Å²) in [5, 5.41) is 13.6. The number of benzene rings is 7. The third-order valence-electron chi connectivity index (χ3n) is 9.86. The molecule has 1 aliphatic rings. The minimum atomic E-state index is -0.307. The van der Waals surface area contributed by atoms with Crippen molar-refractivity contribution in [1.82, 2.24) is 16.0 Å². The van der Waals surface area contributed by atoms with Crippen LogP contribution in [0.2, 0.25) is 0 Å². The quantitative estimate of drug-likeness (QED) is 0.103. The van der Waals surface area contributed by atoms with Crippen molar-refractivity contribution in [3.63, 3.8) is 0 Å². The molecular weight excluding hydrogens is 633 g/mol. The van der Waals surface area contributed by atoms with Crippen LogP contribution in [0.15, 0.2) is 194 Å². The molecule has 4 heteroatoms. The Kier molecular flexibility index (Phi) is 9.85. The summed E-state index contributed by atoms with van der Waals surface area (Å²) in [6.07, 6.45) is 4.15. The van der Waals surface area contributed by atoms with E-state index in [4.69, 9.17) is 5.73 Å². The fourth-order valence-electron chi connectivity index (χ4n) is 7.04. The minimum absolute atomic E-state index is 0.0830. The predicted octanol–water partition coefficient (Wildman–Crippen LogP) is 10.3. The predicted molar refractivity (Wildman–Crippen MR) is 217 cm³/mol. The Labute approximate surface area is 306 Å². The summed E-state index contributed by atoms with van der Waals surface area (Å²) in [6.45, 7) is 0.685. The third kappa shape index (κ3) is 7.51. The highest BCUT2D eigenvalue weighted by atomic mass is 15.2. The van der Waals surface area contributed by atoms with Crippen LogP contribution in [0.4, 0.5) is 0 Å². The van der Waals surface area contributed by atoms with Crippen molar-refractivity contribution in [3.8, 4) is 11.1 Å². The van der Waals surface area contributed by atoms with Crippen LogP contribution in [-0.2, 0) is 6.54 Å². The van der Waals surface area contributed by atoms with Crippen LogP contribution in [0.3, 0.4) is 0 Å². The summed E-state index contributed by atoms with van der Waals surface area (Å²) in [5.41, 5.74) is 18.4. The van der Waals surface area contributed by atoms with E-state index < -0.39 is 0 Å². The maximum atomic E-state index is 6.62. The number of nitrogens with two attached hydrogens (primary N) is 1. The molecule has 0 bridgehead atoms. The molecule has 1 aliphatic heterocycles. The molecule has 3 atom stereocenters. The van der Waals surface area contributed by atoms with Crippen LogP contribution >= 0.6 is 0 Å². The Bertz CT molecular complexity index is 2300. The summed E-state index contributed by atoms with van der Waals surface area (Å²) < 4.78 is 0. The van der Waals surface area contributed by atoms with Gasteiger partial charge < -0.3 is 11.1 Å². The molecule has 0 aliphatic carbocycles. The van der Waals surface area contributed by atoms with Crippen LogP contribution in [0.25, 0.3) is 33.2 Å². The fraction of sp³-hybridized carbons (Fsp3) is 0.0833. The van der Waals surface area contributed by atoms with Crippen molar-refractivity contribution < 1.29 is 0 Å². The maximum absolute atomic E-state index is 6.62. The molecule has 0 aromatic heterocycles. The van der Waals surface area contributed by atoms with Gasteiger partial charge in [0.15, 0.2) is 0 Å². The van der Waals surface area contributed by atoms with Crippen LogP contribution in [0.5, 0.6) is 0 Å². The molecule has 7 aromatic carbocycles. The van der Waals surface area contributed by atoms with Crippen molar-refractivity contribution >= 4 is 22.0 Å². The lowest BCUT2D eigenvalue weighted by Crippen LogP contribution is -2.39. The Hall–Kier alpha value is -6.04. The molecule has 254 valence electrons. The highest BCUT2D eigenvalue weighted by molar-refractivity contribution is 5.90. The van der Waals surface area contributed by atoms with E-state index in [0.717, 1.165) is 22.4 Å². The van der Waals surface area contributed by atoms with Gasteiger partial charge in [-0.25, -0.2) is 0 Å². The van der Waals surface area contributed by atoms with Gasteiger partial charge in [0, 0.05) is 12.2 Å². The lowest BCUT2D eigenvalue weighted by atomic mass is 9.93. The van der Waals surface area contributed by atoms with E-state index >= 15 is 0 Å². The average molecular weight is 675 g/mol. The molecule has 4 nitrogen and oxygen atoms in total. The zero-order valence-corrected chi connectivity index (χ0v) is 29.0. The molecule has 8 rings (SSSR count). The summed E-state index contributed by atoms with van der Waals surface area (Å²) in [7, 11) is 0. The monoisotopic (exact) mass is 674 g/mol. The van der Waals surface area contributed by atoms with Gasteiger partial charge in [0.1, 0.15) is 0 Å². The zero-order valence-electron chi connectivity index (χ0n) is 29.0. The SMILES string of the molecule is NC(NC(NCc1cccc2cc(-c3ccc(C4=CC(c5ccccc5)=CC(c5ccccc5)N4)cc3)ccc12)c1ccccc1)c1ccccc1. The van der Waals surface area contributed by atoms with Gasteiger partial charge in [-0.2, -0.15) is 0 Å². The van der Waals surface area contributed by atoms with E-state index in [0.29, 0.717) is 6.54 Å². The van der Waals surface area contributed by atoms with Gasteiger partial charge in [-0.1, -0.05) is 176 Å². The molecule has 0 radical (unpaired) electrons. The summed E-state index contributed by atoms with van der Waals surface area (Å²) in [6, 6.07) is 64.2. The van der Waals surface area contributed by atoms with Gasteiger partial charge in [-0.05, 0) is 79.1 Å². The van der Waals surface area contributed by atoms with Crippen molar-refractivity contribution in [2.45, 2.75) is 24.9 Å². The zero-order chi connectivity index (χ0) is 35.1. The molecule has 0 saturated heterocycles. The highest BCUT2D eigenvalue weighted by Crippen LogP contribution is 2.33. The van der Waals surface area contributed by atoms with Crippen LogP contribution in [0.1, 0.15) is 51.8 Å². The Morgan fingerprint density at radius 2 is 1.17 bits per heavy atom. The summed E-state index contributed by atoms with van der Waals surface area (Å²) >= 11 is 0. The second-order valence-electron chi connectivity index (χ2n) is 13.3. The molecule has 1 heterocycles. The molecule has 0 amide bonds. The van der Waals surface area contributed by atoms with Crippen LogP contribution in [0, 0.1) is 0 Å². The van der Waals surface area contributed by atoms with Gasteiger partial charge in [-0.15, -0.1) is 0 Å². The number of dihydropyridines is 1. The number of hydrogen-bond donors (Lipinski definition) is 4. The fourth-order valence-corrected chi connectivity index (χ4v) is 7.04. The van der Waals surface area contributed by atoms with E-state index in [2.05, 4.69) is 186 Å². The topological polar surface area (TPSA) is 62.1 Å². The molecule has 0 fully saturated rings. The standard InChI is InChI=1S/C48H42N4/c49-47(38-18-9-3-10-19-38)52-48(39-20-11-4-12-21-39)50-33-42-23-13-22-41-30-40(28-29-44(41)42)35-24-26-37(27-25-35)46-32-43(34-14-5-1-6-15-34)31-45(51-46)36-16-7-2-8-17-36/h1-32,45,47-48,50-52H,33,49H2. The van der Waals surface area contributed by atoms with Gasteiger partial charge in [-0.3, -0.25) is 10.6 Å². The van der Waals surface area contributed by atoms with Gasteiger partial charge in [0.05, 0.1) is 18.4 Å². The third-order valence-corrected chi connectivity index (χ3v) is 9.86. The normalized spacial score (nSPS) is 15.3. The number of hydrogen-bond acceptors (Lipinski definition) is 4. The highest BCUT2D eigenvalue weighted by Gasteiger charge is 2.19. The Balaban J connectivity index is 1.02. The lowest BCUT2D eigenvalue weighted by Gasteiger charge is -2.26. The van der Waals surface area contributed by atoms with Crippen molar-refractivity contribution in [2.24, 2.45) is 5.73 Å². The summed E-state index contributed by atoms with van der Waals surface area (Å²) in [4.78, 5) is 0. The largest absolute Gasteiger partial charge is 0.374 e. The molecular formula is C48H42N4. The van der Waals surface area contributed by atoms with Gasteiger partial charge in [0.25, 0.3) is 0 Å². The maximum Gasteiger partial charge on any atom is 0.0852 e. The van der Waals surface area contributed by atoms with Crippen molar-refractivity contribution in [1.29, 1.82) is 0 Å². The number of fused-ring (bicyclic) bond motifs is 1. The molecule has 0 saturated carbocycles. The molecule has 52 heavy (non-hydrogen) atoms. The molecule has 0 spiro atoms. The second-order valence-corrected chi connectivity index (χ2v) is 13.3. The first-order chi connectivity index (χ1) is 25.7. The van der Waals surface area contributed by atoms with Crippen LogP contribution < -0.4 is 21.7 Å². The number of rotatable bonds is 11. The number of allylic oxidation sites excluding steroid dienone is 2. The molecule has 3 unspecified atom stereocenters. The van der Waals surface area contributed by atoms with Crippen molar-refractivity contribution in [2.75, 3.05) is 0 Å². The van der Waals surface area contributed by atoms with Gasteiger partial charge >= 0.3 is 0 Å². The smallest absolute Gasteiger partial charge is 0.0852 e. The Morgan fingerprint density at radius 3 is 1.88 bits per heavy atom. The van der Waals surface area contributed by atoms with E-state index in [9.17, 15) is 0 Å². The lowest BCUT2D eigenvalue weighted by molar-refractivity contribution is 0.386. The summed E-state index contributed by atoms with van der Waals surface area (Å²) in [5.74, 6) is 0. The van der Waals surface area contributed by atoms with Crippen LogP contribution in [-0.4, -0.2) is 0 Å². The van der Waals surface area contributed by atoms with Gasteiger partial charge in [0.2, 0.25) is 0 Å². The second kappa shape index (κ2) is 15.5. The minimum Gasteiger partial charge on any atom is -0.374 e. The first-order valence-corrected chi connectivity index (χ1v) is 18.0. The van der Waals surface area contributed by atoms with E-state index in [1.54, 1.807) is 0 Å². The number of nitrogens with one attached hydrogen (secondary N) is 3. The first kappa shape index (κ1) is 33.1. The van der Waals surface area contributed by atoms with E-state index in [1.165, 1.54) is 44.2 Å². The average Bonchev–Trinajstić information content (AvgIpc) is 3.23. The van der Waals surface area contributed by atoms with Crippen molar-refractivity contribution in [3.05, 3.63) is 228 Å².